The lowest BCUT2D eigenvalue weighted by atomic mass is 10.1. The van der Waals surface area contributed by atoms with Crippen molar-refractivity contribution >= 4 is 15.9 Å². The largest absolute Gasteiger partial charge is 0.452 e. The van der Waals surface area contributed by atoms with E-state index in [2.05, 4.69) is 15.9 Å². The molecule has 0 spiro atoms. The van der Waals surface area contributed by atoms with Gasteiger partial charge in [-0.1, -0.05) is 29.8 Å². The lowest BCUT2D eigenvalue weighted by Crippen LogP contribution is -1.79. The summed E-state index contributed by atoms with van der Waals surface area (Å²) in [5.74, 6) is -0.343. The van der Waals surface area contributed by atoms with Gasteiger partial charge in [0.1, 0.15) is 10.3 Å². The molecule has 2 aromatic carbocycles. The fraction of sp³-hybridized carbons (Fsp3) is 0.0588. The quantitative estimate of drug-likeness (QED) is 0.556. The number of benzene rings is 2. The Morgan fingerprint density at radius 2 is 1.33 bits per heavy atom. The fourth-order valence-corrected chi connectivity index (χ4v) is 2.56. The zero-order valence-corrected chi connectivity index (χ0v) is 12.7. The molecule has 1 aromatic heterocycles. The van der Waals surface area contributed by atoms with Gasteiger partial charge in [0.25, 0.3) is 0 Å². The summed E-state index contributed by atoms with van der Waals surface area (Å²) in [7, 11) is 0. The molecular formula is C17H11BrF2O. The van der Waals surface area contributed by atoms with Crippen molar-refractivity contribution in [2.45, 2.75) is 6.92 Å². The van der Waals surface area contributed by atoms with Gasteiger partial charge in [-0.2, -0.15) is 0 Å². The van der Waals surface area contributed by atoms with Gasteiger partial charge < -0.3 is 4.42 Å². The Labute approximate surface area is 129 Å². The topological polar surface area (TPSA) is 13.1 Å². The van der Waals surface area contributed by atoms with Gasteiger partial charge in [0, 0.05) is 11.1 Å². The molecule has 0 fully saturated rings. The molecule has 0 saturated carbocycles. The second kappa shape index (κ2) is 5.45. The number of rotatable bonds is 2. The zero-order valence-electron chi connectivity index (χ0n) is 11.2. The Balaban J connectivity index is 2.11. The van der Waals surface area contributed by atoms with Crippen LogP contribution in [-0.4, -0.2) is 0 Å². The summed E-state index contributed by atoms with van der Waals surface area (Å²) in [5.41, 5.74) is 2.38. The SMILES string of the molecule is Cc1ccc(-c2oc(-c3ccc(F)cc3)c(F)c2Br)cc1. The smallest absolute Gasteiger partial charge is 0.184 e. The van der Waals surface area contributed by atoms with Crippen LogP contribution in [0.15, 0.2) is 57.4 Å². The first-order valence-corrected chi connectivity index (χ1v) is 7.16. The summed E-state index contributed by atoms with van der Waals surface area (Å²) in [5, 5.41) is 0. The lowest BCUT2D eigenvalue weighted by molar-refractivity contribution is 0.557. The molecule has 0 atom stereocenters. The second-order valence-electron chi connectivity index (χ2n) is 4.76. The van der Waals surface area contributed by atoms with Gasteiger partial charge in [-0.15, -0.1) is 0 Å². The molecule has 0 bridgehead atoms. The molecule has 106 valence electrons. The molecule has 3 rings (SSSR count). The van der Waals surface area contributed by atoms with E-state index in [1.165, 1.54) is 24.3 Å². The van der Waals surface area contributed by atoms with Gasteiger partial charge in [0.2, 0.25) is 0 Å². The predicted molar refractivity (Wildman–Crippen MR) is 81.9 cm³/mol. The molecule has 0 aliphatic carbocycles. The van der Waals surface area contributed by atoms with E-state index < -0.39 is 5.82 Å². The van der Waals surface area contributed by atoms with Gasteiger partial charge >= 0.3 is 0 Å². The Kier molecular flexibility index (Phi) is 3.64. The van der Waals surface area contributed by atoms with Crippen LogP contribution >= 0.6 is 15.9 Å². The summed E-state index contributed by atoms with van der Waals surface area (Å²) in [6.07, 6.45) is 0. The highest BCUT2D eigenvalue weighted by molar-refractivity contribution is 9.10. The summed E-state index contributed by atoms with van der Waals surface area (Å²) in [6.45, 7) is 1.98. The van der Waals surface area contributed by atoms with E-state index in [1.54, 1.807) is 0 Å². The number of furan rings is 1. The van der Waals surface area contributed by atoms with Crippen molar-refractivity contribution in [3.8, 4) is 22.6 Å². The Bertz CT molecular complexity index is 708. The third kappa shape index (κ3) is 2.63. The molecule has 0 saturated heterocycles. The van der Waals surface area contributed by atoms with Crippen molar-refractivity contribution in [2.75, 3.05) is 0 Å². The molecule has 1 nitrogen and oxygen atoms in total. The van der Waals surface area contributed by atoms with E-state index in [4.69, 9.17) is 4.42 Å². The van der Waals surface area contributed by atoms with Crippen LogP contribution in [0.1, 0.15) is 5.56 Å². The molecule has 1 heterocycles. The minimum Gasteiger partial charge on any atom is -0.452 e. The van der Waals surface area contributed by atoms with Crippen LogP contribution < -0.4 is 0 Å². The molecule has 0 N–H and O–H groups in total. The van der Waals surface area contributed by atoms with Gasteiger partial charge in [0.05, 0.1) is 0 Å². The van der Waals surface area contributed by atoms with Gasteiger partial charge in [0.15, 0.2) is 17.3 Å². The minimum absolute atomic E-state index is 0.0949. The normalized spacial score (nSPS) is 10.9. The highest BCUT2D eigenvalue weighted by atomic mass is 79.9. The Morgan fingerprint density at radius 3 is 1.95 bits per heavy atom. The maximum Gasteiger partial charge on any atom is 0.184 e. The first kappa shape index (κ1) is 14.0. The first-order valence-electron chi connectivity index (χ1n) is 6.37. The third-order valence-corrected chi connectivity index (χ3v) is 3.92. The van der Waals surface area contributed by atoms with Crippen LogP contribution in [-0.2, 0) is 0 Å². The van der Waals surface area contributed by atoms with Crippen molar-refractivity contribution < 1.29 is 13.2 Å². The highest BCUT2D eigenvalue weighted by Gasteiger charge is 2.21. The molecule has 0 amide bonds. The van der Waals surface area contributed by atoms with Crippen LogP contribution in [0.5, 0.6) is 0 Å². The van der Waals surface area contributed by atoms with Crippen molar-refractivity contribution in [3.63, 3.8) is 0 Å². The average molecular weight is 349 g/mol. The molecule has 4 heteroatoms. The molecule has 0 unspecified atom stereocenters. The molecular weight excluding hydrogens is 338 g/mol. The van der Waals surface area contributed by atoms with Crippen LogP contribution in [0.4, 0.5) is 8.78 Å². The van der Waals surface area contributed by atoms with Crippen LogP contribution in [0.25, 0.3) is 22.6 Å². The summed E-state index contributed by atoms with van der Waals surface area (Å²) >= 11 is 3.23. The molecule has 0 aliphatic heterocycles. The monoisotopic (exact) mass is 348 g/mol. The van der Waals surface area contributed by atoms with Crippen molar-refractivity contribution in [2.24, 2.45) is 0 Å². The standard InChI is InChI=1S/C17H11BrF2O/c1-10-2-4-11(5-3-10)16-14(18)15(20)17(21-16)12-6-8-13(19)9-7-12/h2-9H,1H3. The maximum atomic E-state index is 14.3. The summed E-state index contributed by atoms with van der Waals surface area (Å²) < 4.78 is 33.2. The van der Waals surface area contributed by atoms with Crippen LogP contribution in [0.3, 0.4) is 0 Å². The zero-order chi connectivity index (χ0) is 15.0. The first-order chi connectivity index (χ1) is 10.1. The molecule has 21 heavy (non-hydrogen) atoms. The molecule has 3 aromatic rings. The number of hydrogen-bond donors (Lipinski definition) is 0. The average Bonchev–Trinajstić information content (AvgIpc) is 2.78. The summed E-state index contributed by atoms with van der Waals surface area (Å²) in [6, 6.07) is 13.1. The lowest BCUT2D eigenvalue weighted by Gasteiger charge is -1.99. The predicted octanol–water partition coefficient (Wildman–Crippen LogP) is 5.96. The number of halogens is 3. The Morgan fingerprint density at radius 1 is 0.810 bits per heavy atom. The van der Waals surface area contributed by atoms with Crippen molar-refractivity contribution in [1.29, 1.82) is 0 Å². The maximum absolute atomic E-state index is 14.3. The van der Waals surface area contributed by atoms with Gasteiger partial charge in [-0.05, 0) is 47.1 Å². The van der Waals surface area contributed by atoms with Crippen LogP contribution in [0, 0.1) is 18.6 Å². The van der Waals surface area contributed by atoms with Gasteiger partial charge in [-0.3, -0.25) is 0 Å². The second-order valence-corrected chi connectivity index (χ2v) is 5.55. The Hall–Kier alpha value is -1.94. The van der Waals surface area contributed by atoms with E-state index in [1.807, 2.05) is 31.2 Å². The molecule has 0 aliphatic rings. The number of hydrogen-bond acceptors (Lipinski definition) is 1. The van der Waals surface area contributed by atoms with Gasteiger partial charge in [-0.25, -0.2) is 8.78 Å². The summed E-state index contributed by atoms with van der Waals surface area (Å²) in [4.78, 5) is 0. The van der Waals surface area contributed by atoms with E-state index in [-0.39, 0.29) is 16.1 Å². The van der Waals surface area contributed by atoms with E-state index in [0.717, 1.165) is 11.1 Å². The van der Waals surface area contributed by atoms with Crippen molar-refractivity contribution in [1.82, 2.24) is 0 Å². The van der Waals surface area contributed by atoms with E-state index in [9.17, 15) is 8.78 Å². The van der Waals surface area contributed by atoms with Crippen molar-refractivity contribution in [3.05, 3.63) is 70.2 Å². The number of aryl methyl sites for hydroxylation is 1. The fourth-order valence-electron chi connectivity index (χ4n) is 2.07. The molecule has 0 radical (unpaired) electrons. The third-order valence-electron chi connectivity index (χ3n) is 3.22. The minimum atomic E-state index is -0.489. The highest BCUT2D eigenvalue weighted by Crippen LogP contribution is 2.39. The van der Waals surface area contributed by atoms with E-state index >= 15 is 0 Å². The van der Waals surface area contributed by atoms with E-state index in [0.29, 0.717) is 11.3 Å². The van der Waals surface area contributed by atoms with Crippen LogP contribution in [0.2, 0.25) is 0 Å².